The minimum absolute atomic E-state index is 0.150. The summed E-state index contributed by atoms with van der Waals surface area (Å²) < 4.78 is 10.4. The Morgan fingerprint density at radius 1 is 1.16 bits per heavy atom. The molecule has 2 heterocycles. The number of hydrogen-bond donors (Lipinski definition) is 1. The average molecular weight is 444 g/mol. The van der Waals surface area contributed by atoms with E-state index in [1.54, 1.807) is 0 Å². The summed E-state index contributed by atoms with van der Waals surface area (Å²) >= 11 is 5.82. The van der Waals surface area contributed by atoms with E-state index in [0.717, 1.165) is 43.1 Å². The number of carbonyl (C=O) groups is 1. The molecule has 1 saturated carbocycles. The first-order chi connectivity index (χ1) is 14.8. The fourth-order valence-electron chi connectivity index (χ4n) is 3.99. The van der Waals surface area contributed by atoms with Crippen molar-refractivity contribution in [3.63, 3.8) is 0 Å². The minimum atomic E-state index is -0.473. The molecular formula is C23H33N5O2S. The van der Waals surface area contributed by atoms with E-state index in [1.807, 2.05) is 31.5 Å². The number of ether oxygens (including phenoxy) is 1. The predicted molar refractivity (Wildman–Crippen MR) is 123 cm³/mol. The fraction of sp³-hybridized carbons (Fsp3) is 0.609. The van der Waals surface area contributed by atoms with Gasteiger partial charge < -0.3 is 10.1 Å². The van der Waals surface area contributed by atoms with E-state index >= 15 is 0 Å². The summed E-state index contributed by atoms with van der Waals surface area (Å²) in [6.07, 6.45) is 3.85. The quantitative estimate of drug-likeness (QED) is 0.675. The molecule has 1 amide bonds. The molecule has 8 heteroatoms. The third-order valence-corrected chi connectivity index (χ3v) is 6.15. The number of piperidine rings is 1. The van der Waals surface area contributed by atoms with Gasteiger partial charge in [0.1, 0.15) is 11.4 Å². The summed E-state index contributed by atoms with van der Waals surface area (Å²) in [6.45, 7) is 8.90. The number of carbonyl (C=O) groups excluding carboxylic acids is 1. The molecule has 0 bridgehead atoms. The van der Waals surface area contributed by atoms with E-state index in [2.05, 4.69) is 39.0 Å². The standard InChI is InChI=1S/C23H33N5O2S/c1-23(2,3)30-21(29)24-19-11-13-26(14-12-19)16-28-22(31)27(20(25-28)18-9-10-18)15-17-7-5-4-6-8-17/h4-8,18-19H,9-16H2,1-3H3,(H,24,29). The zero-order valence-electron chi connectivity index (χ0n) is 18.7. The lowest BCUT2D eigenvalue weighted by atomic mass is 10.1. The van der Waals surface area contributed by atoms with Crippen LogP contribution in [0, 0.1) is 4.77 Å². The summed E-state index contributed by atoms with van der Waals surface area (Å²) in [6, 6.07) is 10.6. The number of nitrogens with one attached hydrogen (secondary N) is 1. The van der Waals surface area contributed by atoms with Crippen LogP contribution >= 0.6 is 12.2 Å². The maximum Gasteiger partial charge on any atom is 0.407 e. The van der Waals surface area contributed by atoms with Crippen LogP contribution in [-0.2, 0) is 18.0 Å². The Morgan fingerprint density at radius 2 is 1.84 bits per heavy atom. The number of rotatable bonds is 6. The van der Waals surface area contributed by atoms with Crippen molar-refractivity contribution >= 4 is 18.3 Å². The van der Waals surface area contributed by atoms with E-state index in [1.165, 1.54) is 18.4 Å². The van der Waals surface area contributed by atoms with Crippen LogP contribution in [-0.4, -0.2) is 50.1 Å². The van der Waals surface area contributed by atoms with Gasteiger partial charge in [0.05, 0.1) is 13.2 Å². The molecule has 4 rings (SSSR count). The normalized spacial score (nSPS) is 18.2. The monoisotopic (exact) mass is 443 g/mol. The third kappa shape index (κ3) is 5.95. The second-order valence-corrected chi connectivity index (χ2v) is 10.0. The Morgan fingerprint density at radius 3 is 2.45 bits per heavy atom. The maximum atomic E-state index is 12.0. The number of amides is 1. The van der Waals surface area contributed by atoms with Crippen LogP contribution in [0.5, 0.6) is 0 Å². The third-order valence-electron chi connectivity index (χ3n) is 5.72. The fourth-order valence-corrected chi connectivity index (χ4v) is 4.25. The molecule has 31 heavy (non-hydrogen) atoms. The number of alkyl carbamates (subject to hydrolysis) is 1. The predicted octanol–water partition coefficient (Wildman–Crippen LogP) is 4.29. The lowest BCUT2D eigenvalue weighted by Crippen LogP contribution is -2.46. The van der Waals surface area contributed by atoms with Gasteiger partial charge >= 0.3 is 6.09 Å². The Balaban J connectivity index is 1.36. The van der Waals surface area contributed by atoms with Gasteiger partial charge in [-0.3, -0.25) is 9.47 Å². The van der Waals surface area contributed by atoms with Crippen molar-refractivity contribution in [1.29, 1.82) is 0 Å². The lowest BCUT2D eigenvalue weighted by molar-refractivity contribution is 0.0470. The average Bonchev–Trinajstić information content (AvgIpc) is 3.51. The summed E-state index contributed by atoms with van der Waals surface area (Å²) in [4.78, 5) is 14.4. The van der Waals surface area contributed by atoms with Gasteiger partial charge in [0, 0.05) is 25.0 Å². The largest absolute Gasteiger partial charge is 0.444 e. The molecule has 7 nitrogen and oxygen atoms in total. The summed E-state index contributed by atoms with van der Waals surface area (Å²) in [7, 11) is 0. The van der Waals surface area contributed by atoms with Gasteiger partial charge in [0.2, 0.25) is 0 Å². The Kier molecular flexibility index (Phi) is 6.48. The molecule has 2 aromatic rings. The first-order valence-corrected chi connectivity index (χ1v) is 11.6. The molecule has 1 saturated heterocycles. The van der Waals surface area contributed by atoms with Crippen LogP contribution in [0.4, 0.5) is 4.79 Å². The van der Waals surface area contributed by atoms with E-state index in [0.29, 0.717) is 12.6 Å². The molecule has 0 radical (unpaired) electrons. The summed E-state index contributed by atoms with van der Waals surface area (Å²) in [5, 5.41) is 7.91. The molecule has 1 aromatic heterocycles. The van der Waals surface area contributed by atoms with Crippen molar-refractivity contribution in [3.05, 3.63) is 46.5 Å². The van der Waals surface area contributed by atoms with Crippen LogP contribution in [0.1, 0.15) is 63.8 Å². The van der Waals surface area contributed by atoms with Crippen molar-refractivity contribution in [2.45, 2.75) is 77.2 Å². The molecule has 1 aromatic carbocycles. The second kappa shape index (κ2) is 9.12. The number of benzene rings is 1. The molecule has 0 unspecified atom stereocenters. The van der Waals surface area contributed by atoms with Crippen molar-refractivity contribution in [2.24, 2.45) is 0 Å². The second-order valence-electron chi connectivity index (χ2n) is 9.67. The number of aromatic nitrogens is 3. The van der Waals surface area contributed by atoms with E-state index in [9.17, 15) is 4.79 Å². The van der Waals surface area contributed by atoms with E-state index in [4.69, 9.17) is 22.1 Å². The molecule has 0 atom stereocenters. The SMILES string of the molecule is CC(C)(C)OC(=O)NC1CCN(Cn2nc(C3CC3)n(Cc3ccccc3)c2=S)CC1. The maximum absolute atomic E-state index is 12.0. The summed E-state index contributed by atoms with van der Waals surface area (Å²) in [5.41, 5.74) is 0.771. The molecule has 168 valence electrons. The van der Waals surface area contributed by atoms with Crippen molar-refractivity contribution in [2.75, 3.05) is 13.1 Å². The highest BCUT2D eigenvalue weighted by molar-refractivity contribution is 7.71. The topological polar surface area (TPSA) is 64.3 Å². The van der Waals surface area contributed by atoms with Gasteiger partial charge in [-0.25, -0.2) is 9.48 Å². The smallest absolute Gasteiger partial charge is 0.407 e. The highest BCUT2D eigenvalue weighted by Gasteiger charge is 2.31. The van der Waals surface area contributed by atoms with Gasteiger partial charge in [-0.15, -0.1) is 0 Å². The van der Waals surface area contributed by atoms with Crippen LogP contribution in [0.2, 0.25) is 0 Å². The summed E-state index contributed by atoms with van der Waals surface area (Å²) in [5.74, 6) is 1.66. The highest BCUT2D eigenvalue weighted by Crippen LogP contribution is 2.39. The molecule has 2 fully saturated rings. The highest BCUT2D eigenvalue weighted by atomic mass is 32.1. The minimum Gasteiger partial charge on any atom is -0.444 e. The first-order valence-electron chi connectivity index (χ1n) is 11.2. The number of likely N-dealkylation sites (tertiary alicyclic amines) is 1. The number of nitrogens with zero attached hydrogens (tertiary/aromatic N) is 4. The van der Waals surface area contributed by atoms with Crippen LogP contribution in [0.15, 0.2) is 30.3 Å². The zero-order chi connectivity index (χ0) is 22.0. The van der Waals surface area contributed by atoms with Crippen molar-refractivity contribution in [3.8, 4) is 0 Å². The van der Waals surface area contributed by atoms with Crippen LogP contribution in [0.3, 0.4) is 0 Å². The zero-order valence-corrected chi connectivity index (χ0v) is 19.5. The van der Waals surface area contributed by atoms with Gasteiger partial charge in [0.25, 0.3) is 0 Å². The molecule has 0 spiro atoms. The van der Waals surface area contributed by atoms with Crippen molar-refractivity contribution < 1.29 is 9.53 Å². The molecule has 1 aliphatic carbocycles. The van der Waals surface area contributed by atoms with Crippen molar-refractivity contribution in [1.82, 2.24) is 24.6 Å². The van der Waals surface area contributed by atoms with Gasteiger partial charge in [-0.05, 0) is 64.2 Å². The van der Waals surface area contributed by atoms with Crippen LogP contribution < -0.4 is 5.32 Å². The molecule has 2 aliphatic rings. The first kappa shape index (κ1) is 22.0. The van der Waals surface area contributed by atoms with Gasteiger partial charge in [-0.1, -0.05) is 30.3 Å². The van der Waals surface area contributed by atoms with E-state index < -0.39 is 5.60 Å². The van der Waals surface area contributed by atoms with Gasteiger partial charge in [0.15, 0.2) is 4.77 Å². The van der Waals surface area contributed by atoms with Gasteiger partial charge in [-0.2, -0.15) is 5.10 Å². The lowest BCUT2D eigenvalue weighted by Gasteiger charge is -2.32. The Hall–Kier alpha value is -2.19. The molecule has 1 aliphatic heterocycles. The molecular weight excluding hydrogens is 410 g/mol. The van der Waals surface area contributed by atoms with Crippen LogP contribution in [0.25, 0.3) is 0 Å². The number of hydrogen-bond acceptors (Lipinski definition) is 5. The Bertz CT molecular complexity index is 951. The molecule has 1 N–H and O–H groups in total. The van der Waals surface area contributed by atoms with E-state index in [-0.39, 0.29) is 12.1 Å². The Labute approximate surface area is 189 Å².